The Morgan fingerprint density at radius 2 is 2.17 bits per heavy atom. The van der Waals surface area contributed by atoms with E-state index in [1.165, 1.54) is 0 Å². The Balaban J connectivity index is 3.43. The minimum absolute atomic E-state index is 0.349. The molecule has 0 aliphatic carbocycles. The van der Waals surface area contributed by atoms with Crippen molar-refractivity contribution in [2.24, 2.45) is 0 Å². The van der Waals surface area contributed by atoms with Crippen LogP contribution >= 0.6 is 38.5 Å². The van der Waals surface area contributed by atoms with Crippen LogP contribution in [0, 0.1) is 10.5 Å². The minimum atomic E-state index is -0.891. The Morgan fingerprint density at radius 1 is 1.58 bits per heavy atom. The average molecular weight is 341 g/mol. The van der Waals surface area contributed by atoms with Crippen LogP contribution in [0.15, 0.2) is 16.6 Å². The molecule has 0 saturated heterocycles. The molecule has 0 unspecified atom stereocenters. The fourth-order valence-corrected chi connectivity index (χ4v) is 1.96. The van der Waals surface area contributed by atoms with Gasteiger partial charge < -0.3 is 5.11 Å². The van der Waals surface area contributed by atoms with E-state index in [1.54, 1.807) is 13.0 Å². The van der Waals surface area contributed by atoms with Gasteiger partial charge in [-0.05, 0) is 63.1 Å². The third-order valence-corrected chi connectivity index (χ3v) is 3.39. The lowest BCUT2D eigenvalue weighted by Gasteiger charge is -2.04. The SMILES string of the molecule is Cc1c(I)ccc(Br)c1C(=O)O. The molecule has 0 fully saturated rings. The normalized spacial score (nSPS) is 9.92. The first-order chi connectivity index (χ1) is 5.54. The molecule has 0 radical (unpaired) electrons. The number of hydrogen-bond donors (Lipinski definition) is 1. The second-order valence-electron chi connectivity index (χ2n) is 2.33. The van der Waals surface area contributed by atoms with E-state index in [4.69, 9.17) is 5.11 Å². The number of benzene rings is 1. The fraction of sp³-hybridized carbons (Fsp3) is 0.125. The Kier molecular flexibility index (Phi) is 3.11. The smallest absolute Gasteiger partial charge is 0.337 e. The summed E-state index contributed by atoms with van der Waals surface area (Å²) in [6, 6.07) is 3.63. The molecular weight excluding hydrogens is 335 g/mol. The van der Waals surface area contributed by atoms with Gasteiger partial charge in [0.2, 0.25) is 0 Å². The number of carboxylic acids is 1. The van der Waals surface area contributed by atoms with Crippen molar-refractivity contribution in [3.63, 3.8) is 0 Å². The van der Waals surface area contributed by atoms with Crippen LogP contribution in [-0.2, 0) is 0 Å². The van der Waals surface area contributed by atoms with Crippen LogP contribution in [-0.4, -0.2) is 11.1 Å². The summed E-state index contributed by atoms with van der Waals surface area (Å²) in [5.41, 5.74) is 1.15. The molecule has 0 bridgehead atoms. The van der Waals surface area contributed by atoms with E-state index in [1.807, 2.05) is 6.07 Å². The Labute approximate surface area is 92.2 Å². The molecule has 0 atom stereocenters. The predicted molar refractivity (Wildman–Crippen MR) is 58.6 cm³/mol. The highest BCUT2D eigenvalue weighted by Crippen LogP contribution is 2.24. The van der Waals surface area contributed by atoms with Crippen molar-refractivity contribution >= 4 is 44.5 Å². The summed E-state index contributed by atoms with van der Waals surface area (Å²) in [5, 5.41) is 8.84. The molecule has 0 heterocycles. The molecule has 0 aromatic heterocycles. The summed E-state index contributed by atoms with van der Waals surface area (Å²) in [4.78, 5) is 10.8. The van der Waals surface area contributed by atoms with Gasteiger partial charge in [-0.3, -0.25) is 0 Å². The average Bonchev–Trinajstić information content (AvgIpc) is 1.97. The molecule has 0 aliphatic rings. The summed E-state index contributed by atoms with van der Waals surface area (Å²) in [7, 11) is 0. The predicted octanol–water partition coefficient (Wildman–Crippen LogP) is 3.06. The van der Waals surface area contributed by atoms with Gasteiger partial charge in [-0.2, -0.15) is 0 Å². The van der Waals surface area contributed by atoms with Crippen LogP contribution in [0.4, 0.5) is 0 Å². The maximum absolute atomic E-state index is 10.8. The molecule has 0 aliphatic heterocycles. The van der Waals surface area contributed by atoms with E-state index in [9.17, 15) is 4.79 Å². The highest BCUT2D eigenvalue weighted by atomic mass is 127. The molecule has 2 nitrogen and oxygen atoms in total. The van der Waals surface area contributed by atoms with Crippen LogP contribution in [0.5, 0.6) is 0 Å². The van der Waals surface area contributed by atoms with Crippen LogP contribution in [0.25, 0.3) is 0 Å². The first kappa shape index (κ1) is 9.98. The first-order valence-corrected chi connectivity index (χ1v) is 5.09. The van der Waals surface area contributed by atoms with E-state index in [0.717, 1.165) is 9.13 Å². The van der Waals surface area contributed by atoms with Crippen molar-refractivity contribution in [3.8, 4) is 0 Å². The van der Waals surface area contributed by atoms with E-state index in [-0.39, 0.29) is 0 Å². The van der Waals surface area contributed by atoms with Crippen LogP contribution in [0.2, 0.25) is 0 Å². The van der Waals surface area contributed by atoms with Gasteiger partial charge in [0.15, 0.2) is 0 Å². The lowest BCUT2D eigenvalue weighted by Crippen LogP contribution is -2.02. The first-order valence-electron chi connectivity index (χ1n) is 3.22. The maximum Gasteiger partial charge on any atom is 0.337 e. The molecule has 12 heavy (non-hydrogen) atoms. The third kappa shape index (κ3) is 1.80. The third-order valence-electron chi connectivity index (χ3n) is 1.56. The number of aromatic carboxylic acids is 1. The zero-order valence-electron chi connectivity index (χ0n) is 6.27. The molecule has 64 valence electrons. The number of hydrogen-bond acceptors (Lipinski definition) is 1. The van der Waals surface area contributed by atoms with E-state index < -0.39 is 5.97 Å². The second kappa shape index (κ2) is 3.74. The van der Waals surface area contributed by atoms with E-state index in [0.29, 0.717) is 10.0 Å². The van der Waals surface area contributed by atoms with Crippen LogP contribution in [0.1, 0.15) is 15.9 Å². The molecule has 0 amide bonds. The highest BCUT2D eigenvalue weighted by Gasteiger charge is 2.12. The van der Waals surface area contributed by atoms with Gasteiger partial charge in [0.25, 0.3) is 0 Å². The Bertz CT molecular complexity index is 336. The van der Waals surface area contributed by atoms with Gasteiger partial charge in [0, 0.05) is 8.04 Å². The van der Waals surface area contributed by atoms with Gasteiger partial charge in [-0.1, -0.05) is 0 Å². The number of carboxylic acid groups (broad SMARTS) is 1. The molecule has 1 rings (SSSR count). The quantitative estimate of drug-likeness (QED) is 0.798. The van der Waals surface area contributed by atoms with Gasteiger partial charge in [-0.25, -0.2) is 4.79 Å². The van der Waals surface area contributed by atoms with E-state index in [2.05, 4.69) is 38.5 Å². The van der Waals surface area contributed by atoms with Gasteiger partial charge >= 0.3 is 5.97 Å². The van der Waals surface area contributed by atoms with Crippen molar-refractivity contribution in [1.29, 1.82) is 0 Å². The summed E-state index contributed by atoms with van der Waals surface area (Å²) >= 11 is 5.31. The Morgan fingerprint density at radius 3 is 2.58 bits per heavy atom. The molecule has 0 spiro atoms. The Hall–Kier alpha value is -0.100. The number of rotatable bonds is 1. The molecule has 1 N–H and O–H groups in total. The lowest BCUT2D eigenvalue weighted by molar-refractivity contribution is 0.0695. The second-order valence-corrected chi connectivity index (χ2v) is 4.35. The summed E-state index contributed by atoms with van der Waals surface area (Å²) in [6.45, 7) is 1.80. The molecular formula is C8H6BrIO2. The molecule has 4 heteroatoms. The molecule has 1 aromatic rings. The lowest BCUT2D eigenvalue weighted by atomic mass is 10.1. The molecule has 0 saturated carbocycles. The number of halogens is 2. The van der Waals surface area contributed by atoms with Gasteiger partial charge in [0.1, 0.15) is 0 Å². The number of carbonyl (C=O) groups is 1. The van der Waals surface area contributed by atoms with Crippen molar-refractivity contribution in [2.45, 2.75) is 6.92 Å². The topological polar surface area (TPSA) is 37.3 Å². The molecule has 1 aromatic carbocycles. The summed E-state index contributed by atoms with van der Waals surface area (Å²) in [6.07, 6.45) is 0. The van der Waals surface area contributed by atoms with Crippen molar-refractivity contribution in [3.05, 3.63) is 31.3 Å². The minimum Gasteiger partial charge on any atom is -0.478 e. The zero-order valence-corrected chi connectivity index (χ0v) is 10.0. The van der Waals surface area contributed by atoms with Gasteiger partial charge in [0.05, 0.1) is 5.56 Å². The largest absolute Gasteiger partial charge is 0.478 e. The standard InChI is InChI=1S/C8H6BrIO2/c1-4-6(10)3-2-5(9)7(4)8(11)12/h2-3H,1H3,(H,11,12). The monoisotopic (exact) mass is 340 g/mol. The summed E-state index contributed by atoms with van der Waals surface area (Å²) in [5.74, 6) is -0.891. The maximum atomic E-state index is 10.8. The highest BCUT2D eigenvalue weighted by molar-refractivity contribution is 14.1. The van der Waals surface area contributed by atoms with E-state index >= 15 is 0 Å². The zero-order chi connectivity index (χ0) is 9.30. The van der Waals surface area contributed by atoms with Crippen LogP contribution in [0.3, 0.4) is 0 Å². The van der Waals surface area contributed by atoms with Gasteiger partial charge in [-0.15, -0.1) is 0 Å². The van der Waals surface area contributed by atoms with Crippen LogP contribution < -0.4 is 0 Å². The fourth-order valence-electron chi connectivity index (χ4n) is 0.916. The van der Waals surface area contributed by atoms with Crippen molar-refractivity contribution in [2.75, 3.05) is 0 Å². The van der Waals surface area contributed by atoms with Crippen molar-refractivity contribution < 1.29 is 9.90 Å². The van der Waals surface area contributed by atoms with Crippen molar-refractivity contribution in [1.82, 2.24) is 0 Å². The summed E-state index contributed by atoms with van der Waals surface area (Å²) < 4.78 is 1.60.